The molecule has 1 rings (SSSR count). The lowest BCUT2D eigenvalue weighted by molar-refractivity contribution is -0.124. The molecule has 0 saturated heterocycles. The molecule has 0 aliphatic carbocycles. The molecule has 100 valence electrons. The second-order valence-corrected chi connectivity index (χ2v) is 4.52. The third-order valence-corrected chi connectivity index (χ3v) is 3.01. The zero-order valence-corrected chi connectivity index (χ0v) is 11.5. The van der Waals surface area contributed by atoms with Crippen molar-refractivity contribution in [3.05, 3.63) is 29.8 Å². The molecule has 0 fully saturated rings. The molecular weight excluding hydrogens is 226 g/mol. The Morgan fingerprint density at radius 2 is 1.94 bits per heavy atom. The Labute approximate surface area is 110 Å². The van der Waals surface area contributed by atoms with E-state index >= 15 is 0 Å². The first kappa shape index (κ1) is 14.7. The summed E-state index contributed by atoms with van der Waals surface area (Å²) in [6.07, 6.45) is 4.42. The minimum absolute atomic E-state index is 0.115. The minimum Gasteiger partial charge on any atom is -0.372 e. The van der Waals surface area contributed by atoms with Crippen LogP contribution in [-0.2, 0) is 16.0 Å². The maximum Gasteiger partial charge on any atom is 0.253 e. The number of nitrogens with one attached hydrogen (secondary N) is 1. The topological polar surface area (TPSA) is 38.3 Å². The quantitative estimate of drug-likeness (QED) is 0.752. The second kappa shape index (κ2) is 7.88. The van der Waals surface area contributed by atoms with Crippen molar-refractivity contribution in [1.29, 1.82) is 0 Å². The van der Waals surface area contributed by atoms with E-state index in [1.807, 2.05) is 12.1 Å². The van der Waals surface area contributed by atoms with Crippen LogP contribution in [0.1, 0.15) is 38.7 Å². The van der Waals surface area contributed by atoms with E-state index in [0.717, 1.165) is 12.1 Å². The number of aryl methyl sites for hydroxylation is 1. The fourth-order valence-electron chi connectivity index (χ4n) is 1.68. The fourth-order valence-corrected chi connectivity index (χ4v) is 1.68. The standard InChI is InChI=1S/C15H23NO2/c1-4-5-6-7-13-8-10-14(11-9-13)16-15(17)12(2)18-3/h8-12H,4-7H2,1-3H3,(H,16,17). The Balaban J connectivity index is 2.47. The van der Waals surface area contributed by atoms with Crippen LogP contribution < -0.4 is 5.32 Å². The van der Waals surface area contributed by atoms with Crippen molar-refractivity contribution in [2.24, 2.45) is 0 Å². The monoisotopic (exact) mass is 249 g/mol. The van der Waals surface area contributed by atoms with E-state index in [0.29, 0.717) is 0 Å². The van der Waals surface area contributed by atoms with E-state index in [1.54, 1.807) is 6.92 Å². The van der Waals surface area contributed by atoms with Crippen LogP contribution in [0.5, 0.6) is 0 Å². The maximum absolute atomic E-state index is 11.6. The molecule has 1 aromatic carbocycles. The van der Waals surface area contributed by atoms with Crippen molar-refractivity contribution in [3.63, 3.8) is 0 Å². The molecule has 0 saturated carbocycles. The lowest BCUT2D eigenvalue weighted by Gasteiger charge is -2.10. The number of carbonyl (C=O) groups excluding carboxylic acids is 1. The van der Waals surface area contributed by atoms with Crippen molar-refractivity contribution in [1.82, 2.24) is 0 Å². The number of ether oxygens (including phenoxy) is 1. The summed E-state index contributed by atoms with van der Waals surface area (Å²) in [5.74, 6) is -0.115. The van der Waals surface area contributed by atoms with Gasteiger partial charge in [-0.05, 0) is 37.5 Å². The van der Waals surface area contributed by atoms with Gasteiger partial charge in [-0.3, -0.25) is 4.79 Å². The van der Waals surface area contributed by atoms with Crippen LogP contribution in [0.15, 0.2) is 24.3 Å². The van der Waals surface area contributed by atoms with Gasteiger partial charge in [0.05, 0.1) is 0 Å². The van der Waals surface area contributed by atoms with Gasteiger partial charge in [-0.25, -0.2) is 0 Å². The Bertz CT molecular complexity index is 359. The van der Waals surface area contributed by atoms with Gasteiger partial charge in [0.1, 0.15) is 6.10 Å². The smallest absolute Gasteiger partial charge is 0.253 e. The predicted molar refractivity (Wildman–Crippen MR) is 74.8 cm³/mol. The largest absolute Gasteiger partial charge is 0.372 e. The van der Waals surface area contributed by atoms with Crippen LogP contribution in [0, 0.1) is 0 Å². The Morgan fingerprint density at radius 3 is 2.50 bits per heavy atom. The molecule has 0 aliphatic heterocycles. The second-order valence-electron chi connectivity index (χ2n) is 4.52. The SMILES string of the molecule is CCCCCc1ccc(NC(=O)C(C)OC)cc1. The van der Waals surface area contributed by atoms with Crippen LogP contribution in [0.2, 0.25) is 0 Å². The van der Waals surface area contributed by atoms with Crippen molar-refractivity contribution >= 4 is 11.6 Å². The van der Waals surface area contributed by atoms with Crippen LogP contribution in [0.25, 0.3) is 0 Å². The minimum atomic E-state index is -0.422. The van der Waals surface area contributed by atoms with Gasteiger partial charge in [-0.2, -0.15) is 0 Å². The highest BCUT2D eigenvalue weighted by molar-refractivity contribution is 5.93. The lowest BCUT2D eigenvalue weighted by Crippen LogP contribution is -2.26. The van der Waals surface area contributed by atoms with Crippen LogP contribution in [-0.4, -0.2) is 19.1 Å². The van der Waals surface area contributed by atoms with Gasteiger partial charge in [0.15, 0.2) is 0 Å². The summed E-state index contributed by atoms with van der Waals surface area (Å²) in [5.41, 5.74) is 2.14. The molecule has 3 nitrogen and oxygen atoms in total. The van der Waals surface area contributed by atoms with Crippen molar-refractivity contribution in [2.45, 2.75) is 45.6 Å². The van der Waals surface area contributed by atoms with Crippen molar-refractivity contribution < 1.29 is 9.53 Å². The predicted octanol–water partition coefficient (Wildman–Crippen LogP) is 3.39. The molecule has 1 atom stereocenters. The average Bonchev–Trinajstić information content (AvgIpc) is 2.40. The molecule has 1 amide bonds. The normalized spacial score (nSPS) is 12.2. The van der Waals surface area contributed by atoms with E-state index in [4.69, 9.17) is 4.74 Å². The molecule has 0 spiro atoms. The molecule has 1 aromatic rings. The number of carbonyl (C=O) groups is 1. The molecular formula is C15H23NO2. The third kappa shape index (κ3) is 4.88. The maximum atomic E-state index is 11.6. The molecule has 1 N–H and O–H groups in total. The molecule has 0 aromatic heterocycles. The van der Waals surface area contributed by atoms with Gasteiger partial charge in [0.2, 0.25) is 0 Å². The van der Waals surface area contributed by atoms with Crippen molar-refractivity contribution in [2.75, 3.05) is 12.4 Å². The number of hydrogen-bond acceptors (Lipinski definition) is 2. The zero-order chi connectivity index (χ0) is 13.4. The number of benzene rings is 1. The summed E-state index contributed by atoms with van der Waals surface area (Å²) in [7, 11) is 1.53. The van der Waals surface area contributed by atoms with Gasteiger partial charge < -0.3 is 10.1 Å². The van der Waals surface area contributed by atoms with E-state index in [1.165, 1.54) is 31.9 Å². The summed E-state index contributed by atoms with van der Waals surface area (Å²) in [5, 5.41) is 2.82. The van der Waals surface area contributed by atoms with E-state index < -0.39 is 6.10 Å². The average molecular weight is 249 g/mol. The molecule has 0 aliphatic rings. The summed E-state index contributed by atoms with van der Waals surface area (Å²) < 4.78 is 4.96. The van der Waals surface area contributed by atoms with Gasteiger partial charge in [-0.15, -0.1) is 0 Å². The number of unbranched alkanes of at least 4 members (excludes halogenated alkanes) is 2. The van der Waals surface area contributed by atoms with Crippen molar-refractivity contribution in [3.8, 4) is 0 Å². The van der Waals surface area contributed by atoms with Crippen LogP contribution in [0.3, 0.4) is 0 Å². The van der Waals surface area contributed by atoms with Gasteiger partial charge in [0.25, 0.3) is 5.91 Å². The Kier molecular flexibility index (Phi) is 6.44. The number of hydrogen-bond donors (Lipinski definition) is 1. The fraction of sp³-hybridized carbons (Fsp3) is 0.533. The molecule has 3 heteroatoms. The Hall–Kier alpha value is -1.35. The molecule has 0 heterocycles. The zero-order valence-electron chi connectivity index (χ0n) is 11.5. The first-order valence-electron chi connectivity index (χ1n) is 6.60. The molecule has 18 heavy (non-hydrogen) atoms. The van der Waals surface area contributed by atoms with Gasteiger partial charge >= 0.3 is 0 Å². The lowest BCUT2D eigenvalue weighted by atomic mass is 10.1. The highest BCUT2D eigenvalue weighted by atomic mass is 16.5. The first-order valence-corrected chi connectivity index (χ1v) is 6.60. The highest BCUT2D eigenvalue weighted by Gasteiger charge is 2.10. The first-order chi connectivity index (χ1) is 8.67. The number of methoxy groups -OCH3 is 1. The summed E-state index contributed by atoms with van der Waals surface area (Å²) >= 11 is 0. The van der Waals surface area contributed by atoms with Crippen LogP contribution in [0.4, 0.5) is 5.69 Å². The number of amides is 1. The van der Waals surface area contributed by atoms with Gasteiger partial charge in [-0.1, -0.05) is 31.9 Å². The van der Waals surface area contributed by atoms with E-state index in [9.17, 15) is 4.79 Å². The third-order valence-electron chi connectivity index (χ3n) is 3.01. The summed E-state index contributed by atoms with van der Waals surface area (Å²) in [6.45, 7) is 3.93. The number of rotatable bonds is 7. The molecule has 0 bridgehead atoms. The summed E-state index contributed by atoms with van der Waals surface area (Å²) in [4.78, 5) is 11.6. The molecule has 0 radical (unpaired) electrons. The molecule has 1 unspecified atom stereocenters. The number of anilines is 1. The van der Waals surface area contributed by atoms with Crippen LogP contribution >= 0.6 is 0 Å². The highest BCUT2D eigenvalue weighted by Crippen LogP contribution is 2.12. The Morgan fingerprint density at radius 1 is 1.28 bits per heavy atom. The summed E-state index contributed by atoms with van der Waals surface area (Å²) in [6, 6.07) is 8.04. The van der Waals surface area contributed by atoms with E-state index in [-0.39, 0.29) is 5.91 Å². The van der Waals surface area contributed by atoms with E-state index in [2.05, 4.69) is 24.4 Å². The van der Waals surface area contributed by atoms with Gasteiger partial charge in [0, 0.05) is 12.8 Å².